The molecular formula is C17H18Cl2N4O2. The van der Waals surface area contributed by atoms with Crippen LogP contribution < -0.4 is 22.3 Å². The molecule has 0 atom stereocenters. The number of anilines is 2. The number of hydrogen-bond acceptors (Lipinski definition) is 6. The maximum atomic E-state index is 12.5. The van der Waals surface area contributed by atoms with Crippen LogP contribution in [0.2, 0.25) is 10.0 Å². The summed E-state index contributed by atoms with van der Waals surface area (Å²) in [4.78, 5) is 12.5. The molecule has 2 aromatic carbocycles. The first kappa shape index (κ1) is 18.9. The molecule has 0 radical (unpaired) electrons. The first-order valence-electron chi connectivity index (χ1n) is 7.38. The number of nitrogens with zero attached hydrogens (tertiary/aromatic N) is 1. The molecule has 2 aromatic rings. The van der Waals surface area contributed by atoms with E-state index in [9.17, 15) is 4.79 Å². The Morgan fingerprint density at radius 2 is 1.84 bits per heavy atom. The number of hydrazine groups is 1. The number of hydrogen-bond donors (Lipinski definition) is 3. The Morgan fingerprint density at radius 1 is 1.16 bits per heavy atom. The number of carbonyl (C=O) groups is 1. The Hall–Kier alpha value is -2.41. The Balaban J connectivity index is 2.60. The van der Waals surface area contributed by atoms with Crippen LogP contribution in [0.25, 0.3) is 5.70 Å². The summed E-state index contributed by atoms with van der Waals surface area (Å²) in [7, 11) is 0. The molecule has 0 fully saturated rings. The van der Waals surface area contributed by atoms with Crippen molar-refractivity contribution < 1.29 is 9.53 Å². The summed E-state index contributed by atoms with van der Waals surface area (Å²) < 4.78 is 5.08. The fourth-order valence-corrected chi connectivity index (χ4v) is 2.46. The molecule has 6 N–H and O–H groups in total. The highest BCUT2D eigenvalue weighted by Gasteiger charge is 2.24. The van der Waals surface area contributed by atoms with Gasteiger partial charge in [0.25, 0.3) is 0 Å². The number of rotatable bonds is 5. The summed E-state index contributed by atoms with van der Waals surface area (Å²) in [6.07, 6.45) is 0. The van der Waals surface area contributed by atoms with E-state index >= 15 is 0 Å². The first-order chi connectivity index (χ1) is 11.9. The highest BCUT2D eigenvalue weighted by Crippen LogP contribution is 2.29. The minimum atomic E-state index is -0.683. The molecule has 0 heterocycles. The van der Waals surface area contributed by atoms with Gasteiger partial charge in [-0.15, -0.1) is 0 Å². The zero-order chi connectivity index (χ0) is 18.6. The van der Waals surface area contributed by atoms with Crippen molar-refractivity contribution in [1.29, 1.82) is 0 Å². The van der Waals surface area contributed by atoms with Crippen LogP contribution in [0, 0.1) is 0 Å². The zero-order valence-electron chi connectivity index (χ0n) is 13.5. The minimum Gasteiger partial charge on any atom is -0.461 e. The molecule has 6 nitrogen and oxygen atoms in total. The van der Waals surface area contributed by atoms with Gasteiger partial charge in [0, 0.05) is 5.56 Å². The van der Waals surface area contributed by atoms with Crippen molar-refractivity contribution in [1.82, 2.24) is 0 Å². The standard InChI is InChI=1S/C17H18Cl2N4O2/c1-2-25-17(24)16(23(22)14-6-4-3-5-13(14)20)15(21)10-7-8-11(18)12(19)9-10/h3-9H,2,20-22H2,1H3/b16-15+. The molecule has 2 rings (SSSR count). The predicted molar refractivity (Wildman–Crippen MR) is 102 cm³/mol. The minimum absolute atomic E-state index is 0.0573. The average molecular weight is 381 g/mol. The van der Waals surface area contributed by atoms with Crippen molar-refractivity contribution in [3.05, 3.63) is 63.8 Å². The predicted octanol–water partition coefficient (Wildman–Crippen LogP) is 3.15. The van der Waals surface area contributed by atoms with Crippen molar-refractivity contribution in [2.45, 2.75) is 6.92 Å². The largest absolute Gasteiger partial charge is 0.461 e. The second-order valence-corrected chi connectivity index (χ2v) is 5.85. The van der Waals surface area contributed by atoms with Crippen molar-refractivity contribution >= 4 is 46.2 Å². The van der Waals surface area contributed by atoms with Gasteiger partial charge in [0.15, 0.2) is 5.70 Å². The maximum Gasteiger partial charge on any atom is 0.358 e. The first-order valence-corrected chi connectivity index (χ1v) is 8.14. The van der Waals surface area contributed by atoms with E-state index in [4.69, 9.17) is 45.2 Å². The van der Waals surface area contributed by atoms with Gasteiger partial charge in [-0.25, -0.2) is 10.6 Å². The van der Waals surface area contributed by atoms with Crippen LogP contribution in [0.3, 0.4) is 0 Å². The van der Waals surface area contributed by atoms with E-state index in [0.717, 1.165) is 5.01 Å². The van der Waals surface area contributed by atoms with Gasteiger partial charge < -0.3 is 16.2 Å². The fraction of sp³-hybridized carbons (Fsp3) is 0.118. The number of para-hydroxylation sites is 2. The average Bonchev–Trinajstić information content (AvgIpc) is 2.58. The topological polar surface area (TPSA) is 108 Å². The molecule has 8 heteroatoms. The third-order valence-electron chi connectivity index (χ3n) is 3.39. The molecule has 0 aliphatic heterocycles. The highest BCUT2D eigenvalue weighted by atomic mass is 35.5. The van der Waals surface area contributed by atoms with Gasteiger partial charge in [0.1, 0.15) is 0 Å². The van der Waals surface area contributed by atoms with E-state index < -0.39 is 5.97 Å². The van der Waals surface area contributed by atoms with E-state index in [1.165, 1.54) is 0 Å². The van der Waals surface area contributed by atoms with Gasteiger partial charge in [-0.1, -0.05) is 41.4 Å². The fourth-order valence-electron chi connectivity index (χ4n) is 2.17. The Labute approximate surface area is 155 Å². The van der Waals surface area contributed by atoms with Gasteiger partial charge in [0.2, 0.25) is 0 Å². The monoisotopic (exact) mass is 380 g/mol. The number of esters is 1. The smallest absolute Gasteiger partial charge is 0.358 e. The van der Waals surface area contributed by atoms with Crippen LogP contribution in [-0.2, 0) is 9.53 Å². The SMILES string of the molecule is CCOC(=O)/C(=C(\N)c1ccc(Cl)c(Cl)c1)N(N)c1ccccc1N. The van der Waals surface area contributed by atoms with Crippen LogP contribution >= 0.6 is 23.2 Å². The molecule has 0 aliphatic rings. The number of benzene rings is 2. The molecule has 0 spiro atoms. The molecule has 0 saturated heterocycles. The lowest BCUT2D eigenvalue weighted by Crippen LogP contribution is -2.37. The summed E-state index contributed by atoms with van der Waals surface area (Å²) in [5, 5.41) is 1.77. The summed E-state index contributed by atoms with van der Waals surface area (Å²) in [5.41, 5.74) is 13.4. The summed E-state index contributed by atoms with van der Waals surface area (Å²) in [6.45, 7) is 1.84. The van der Waals surface area contributed by atoms with E-state index in [-0.39, 0.29) is 18.0 Å². The van der Waals surface area contributed by atoms with Gasteiger partial charge in [-0.05, 0) is 31.2 Å². The third kappa shape index (κ3) is 4.17. The second kappa shape index (κ2) is 8.11. The lowest BCUT2D eigenvalue weighted by atomic mass is 10.1. The number of halogens is 2. The van der Waals surface area contributed by atoms with Crippen molar-refractivity contribution in [3.8, 4) is 0 Å². The molecule has 0 unspecified atom stereocenters. The Morgan fingerprint density at radius 3 is 2.44 bits per heavy atom. The zero-order valence-corrected chi connectivity index (χ0v) is 15.0. The summed E-state index contributed by atoms with van der Waals surface area (Å²) in [5.74, 6) is 5.45. The van der Waals surface area contributed by atoms with Crippen LogP contribution in [-0.4, -0.2) is 12.6 Å². The van der Waals surface area contributed by atoms with Gasteiger partial charge >= 0.3 is 5.97 Å². The molecule has 25 heavy (non-hydrogen) atoms. The lowest BCUT2D eigenvalue weighted by Gasteiger charge is -2.24. The number of nitrogens with two attached hydrogens (primary N) is 3. The normalized spacial score (nSPS) is 11.7. The maximum absolute atomic E-state index is 12.5. The quantitative estimate of drug-likeness (QED) is 0.241. The third-order valence-corrected chi connectivity index (χ3v) is 4.13. The molecule has 0 amide bonds. The van der Waals surface area contributed by atoms with E-state index in [2.05, 4.69) is 0 Å². The number of ether oxygens (including phenoxy) is 1. The van der Waals surface area contributed by atoms with Gasteiger partial charge in [0.05, 0.1) is 33.7 Å². The molecule has 0 aromatic heterocycles. The molecule has 0 bridgehead atoms. The van der Waals surface area contributed by atoms with Crippen molar-refractivity contribution in [2.75, 3.05) is 17.3 Å². The Bertz CT molecular complexity index is 824. The highest BCUT2D eigenvalue weighted by molar-refractivity contribution is 6.42. The van der Waals surface area contributed by atoms with Crippen LogP contribution in [0.5, 0.6) is 0 Å². The van der Waals surface area contributed by atoms with Gasteiger partial charge in [-0.3, -0.25) is 5.01 Å². The van der Waals surface area contributed by atoms with E-state index in [0.29, 0.717) is 27.0 Å². The van der Waals surface area contributed by atoms with Gasteiger partial charge in [-0.2, -0.15) is 0 Å². The number of nitrogen functional groups attached to an aromatic ring is 1. The Kier molecular flexibility index (Phi) is 6.14. The van der Waals surface area contributed by atoms with Crippen LogP contribution in [0.4, 0.5) is 11.4 Å². The van der Waals surface area contributed by atoms with Crippen molar-refractivity contribution in [2.24, 2.45) is 11.6 Å². The molecule has 0 aliphatic carbocycles. The lowest BCUT2D eigenvalue weighted by molar-refractivity contribution is -0.138. The van der Waals surface area contributed by atoms with E-state index in [1.807, 2.05) is 0 Å². The van der Waals surface area contributed by atoms with Crippen LogP contribution in [0.1, 0.15) is 12.5 Å². The number of carbonyl (C=O) groups excluding carboxylic acids is 1. The van der Waals surface area contributed by atoms with E-state index in [1.54, 1.807) is 49.4 Å². The molecular weight excluding hydrogens is 363 g/mol. The molecule has 0 saturated carbocycles. The van der Waals surface area contributed by atoms with Crippen molar-refractivity contribution in [3.63, 3.8) is 0 Å². The van der Waals surface area contributed by atoms with Crippen LogP contribution in [0.15, 0.2) is 48.2 Å². The molecule has 132 valence electrons. The summed E-state index contributed by atoms with van der Waals surface area (Å²) in [6, 6.07) is 11.6. The summed E-state index contributed by atoms with van der Waals surface area (Å²) >= 11 is 12.0. The second-order valence-electron chi connectivity index (χ2n) is 5.04.